The molecule has 1 aliphatic rings. The van der Waals surface area contributed by atoms with Crippen LogP contribution in [0.2, 0.25) is 0 Å². The van der Waals surface area contributed by atoms with Crippen LogP contribution in [0.4, 0.5) is 0 Å². The third-order valence-corrected chi connectivity index (χ3v) is 1.99. The summed E-state index contributed by atoms with van der Waals surface area (Å²) in [6.45, 7) is 0.728. The first kappa shape index (κ1) is 7.55. The minimum atomic E-state index is -0.0172. The zero-order valence-electron chi connectivity index (χ0n) is 6.79. The summed E-state index contributed by atoms with van der Waals surface area (Å²) in [6.07, 6.45) is 2.10. The SMILES string of the molecule is OCc1ccc2c(n1)OCCC2. The van der Waals surface area contributed by atoms with Gasteiger partial charge < -0.3 is 9.84 Å². The number of aliphatic hydroxyl groups is 1. The summed E-state index contributed by atoms with van der Waals surface area (Å²) in [5.41, 5.74) is 1.83. The molecule has 0 bridgehead atoms. The Kier molecular flexibility index (Phi) is 1.96. The normalized spacial score (nSPS) is 15.1. The fourth-order valence-electron chi connectivity index (χ4n) is 1.34. The zero-order chi connectivity index (χ0) is 8.39. The second-order valence-electron chi connectivity index (χ2n) is 2.88. The van der Waals surface area contributed by atoms with Gasteiger partial charge in [-0.1, -0.05) is 6.07 Å². The van der Waals surface area contributed by atoms with Gasteiger partial charge in [-0.05, 0) is 18.9 Å². The molecule has 64 valence electrons. The molecule has 0 saturated carbocycles. The Morgan fingerprint density at radius 1 is 1.50 bits per heavy atom. The molecule has 0 fully saturated rings. The standard InChI is InChI=1S/C9H11NO2/c11-6-8-4-3-7-2-1-5-12-9(7)10-8/h3-4,11H,1-2,5-6H2. The van der Waals surface area contributed by atoms with Gasteiger partial charge in [0.25, 0.3) is 0 Å². The zero-order valence-corrected chi connectivity index (χ0v) is 6.79. The van der Waals surface area contributed by atoms with Crippen LogP contribution in [0.25, 0.3) is 0 Å². The minimum absolute atomic E-state index is 0.0172. The van der Waals surface area contributed by atoms with Crippen LogP contribution in [-0.2, 0) is 13.0 Å². The maximum atomic E-state index is 8.82. The van der Waals surface area contributed by atoms with E-state index in [-0.39, 0.29) is 6.61 Å². The monoisotopic (exact) mass is 165 g/mol. The summed E-state index contributed by atoms with van der Waals surface area (Å²) >= 11 is 0. The number of rotatable bonds is 1. The molecule has 1 aliphatic heterocycles. The smallest absolute Gasteiger partial charge is 0.216 e. The Morgan fingerprint density at radius 2 is 2.42 bits per heavy atom. The van der Waals surface area contributed by atoms with Crippen LogP contribution in [0.5, 0.6) is 5.88 Å². The average Bonchev–Trinajstić information content (AvgIpc) is 2.17. The lowest BCUT2D eigenvalue weighted by Gasteiger charge is -2.15. The van der Waals surface area contributed by atoms with Gasteiger partial charge in [0.05, 0.1) is 18.9 Å². The van der Waals surface area contributed by atoms with E-state index >= 15 is 0 Å². The highest BCUT2D eigenvalue weighted by Crippen LogP contribution is 2.21. The van der Waals surface area contributed by atoms with E-state index in [4.69, 9.17) is 9.84 Å². The van der Waals surface area contributed by atoms with Crippen molar-refractivity contribution in [3.63, 3.8) is 0 Å². The summed E-state index contributed by atoms with van der Waals surface area (Å²) in [5, 5.41) is 8.82. The van der Waals surface area contributed by atoms with E-state index in [1.54, 1.807) is 0 Å². The van der Waals surface area contributed by atoms with Crippen LogP contribution >= 0.6 is 0 Å². The van der Waals surface area contributed by atoms with Crippen LogP contribution in [0.1, 0.15) is 17.7 Å². The van der Waals surface area contributed by atoms with Crippen LogP contribution in [0.15, 0.2) is 12.1 Å². The summed E-state index contributed by atoms with van der Waals surface area (Å²) in [7, 11) is 0. The maximum absolute atomic E-state index is 8.82. The minimum Gasteiger partial charge on any atom is -0.477 e. The molecular formula is C9H11NO2. The number of aryl methyl sites for hydroxylation is 1. The van der Waals surface area contributed by atoms with Crippen molar-refractivity contribution in [2.24, 2.45) is 0 Å². The van der Waals surface area contributed by atoms with Crippen LogP contribution in [-0.4, -0.2) is 16.7 Å². The Balaban J connectivity index is 2.36. The van der Waals surface area contributed by atoms with Crippen LogP contribution < -0.4 is 4.74 Å². The molecule has 2 heterocycles. The number of hydrogen-bond acceptors (Lipinski definition) is 3. The summed E-state index contributed by atoms with van der Waals surface area (Å²) in [5.74, 6) is 0.702. The van der Waals surface area contributed by atoms with Crippen molar-refractivity contribution in [2.75, 3.05) is 6.61 Å². The quantitative estimate of drug-likeness (QED) is 0.672. The molecule has 0 aliphatic carbocycles. The number of nitrogens with zero attached hydrogens (tertiary/aromatic N) is 1. The van der Waals surface area contributed by atoms with E-state index < -0.39 is 0 Å². The summed E-state index contributed by atoms with van der Waals surface area (Å²) < 4.78 is 5.34. The van der Waals surface area contributed by atoms with Crippen molar-refractivity contribution in [3.05, 3.63) is 23.4 Å². The summed E-state index contributed by atoms with van der Waals surface area (Å²) in [6, 6.07) is 3.82. The number of hydrogen-bond donors (Lipinski definition) is 1. The van der Waals surface area contributed by atoms with E-state index in [1.807, 2.05) is 12.1 Å². The predicted octanol–water partition coefficient (Wildman–Crippen LogP) is 0.899. The van der Waals surface area contributed by atoms with Gasteiger partial charge >= 0.3 is 0 Å². The molecule has 0 spiro atoms. The average molecular weight is 165 g/mol. The number of pyridine rings is 1. The van der Waals surface area contributed by atoms with Gasteiger partial charge in [-0.25, -0.2) is 4.98 Å². The molecule has 0 amide bonds. The number of ether oxygens (including phenoxy) is 1. The first-order valence-corrected chi connectivity index (χ1v) is 4.12. The lowest BCUT2D eigenvalue weighted by Crippen LogP contribution is -2.10. The van der Waals surface area contributed by atoms with Crippen molar-refractivity contribution >= 4 is 0 Å². The highest BCUT2D eigenvalue weighted by Gasteiger charge is 2.11. The third kappa shape index (κ3) is 1.28. The van der Waals surface area contributed by atoms with Gasteiger partial charge in [0.1, 0.15) is 0 Å². The van der Waals surface area contributed by atoms with Crippen LogP contribution in [0.3, 0.4) is 0 Å². The Hall–Kier alpha value is -1.09. The fourth-order valence-corrected chi connectivity index (χ4v) is 1.34. The molecule has 2 rings (SSSR count). The van der Waals surface area contributed by atoms with E-state index in [0.717, 1.165) is 25.0 Å². The first-order chi connectivity index (χ1) is 5.90. The fraction of sp³-hybridized carbons (Fsp3) is 0.444. The molecule has 3 nitrogen and oxygen atoms in total. The second kappa shape index (κ2) is 3.11. The molecule has 1 aromatic heterocycles. The molecule has 0 unspecified atom stereocenters. The van der Waals surface area contributed by atoms with E-state index in [0.29, 0.717) is 11.6 Å². The third-order valence-electron chi connectivity index (χ3n) is 1.99. The van der Waals surface area contributed by atoms with Crippen molar-refractivity contribution in [1.29, 1.82) is 0 Å². The van der Waals surface area contributed by atoms with Gasteiger partial charge in [0.2, 0.25) is 5.88 Å². The number of aromatic nitrogens is 1. The molecule has 1 N–H and O–H groups in total. The number of aliphatic hydroxyl groups excluding tert-OH is 1. The topological polar surface area (TPSA) is 42.4 Å². The lowest BCUT2D eigenvalue weighted by molar-refractivity contribution is 0.258. The Labute approximate surface area is 71.0 Å². The Bertz CT molecular complexity index is 286. The lowest BCUT2D eigenvalue weighted by atomic mass is 10.1. The molecule has 3 heteroatoms. The molecule has 0 atom stereocenters. The predicted molar refractivity (Wildman–Crippen MR) is 44.0 cm³/mol. The molecule has 0 radical (unpaired) electrons. The van der Waals surface area contributed by atoms with Crippen molar-refractivity contribution in [2.45, 2.75) is 19.4 Å². The van der Waals surface area contributed by atoms with E-state index in [2.05, 4.69) is 4.98 Å². The molecular weight excluding hydrogens is 154 g/mol. The van der Waals surface area contributed by atoms with Gasteiger partial charge in [0.15, 0.2) is 0 Å². The van der Waals surface area contributed by atoms with E-state index in [9.17, 15) is 0 Å². The molecule has 0 saturated heterocycles. The van der Waals surface area contributed by atoms with Gasteiger partial charge in [-0.3, -0.25) is 0 Å². The first-order valence-electron chi connectivity index (χ1n) is 4.12. The van der Waals surface area contributed by atoms with Crippen molar-refractivity contribution in [1.82, 2.24) is 4.98 Å². The van der Waals surface area contributed by atoms with Gasteiger partial charge in [-0.15, -0.1) is 0 Å². The molecule has 0 aromatic carbocycles. The summed E-state index contributed by atoms with van der Waals surface area (Å²) in [4.78, 5) is 4.16. The second-order valence-corrected chi connectivity index (χ2v) is 2.88. The van der Waals surface area contributed by atoms with Gasteiger partial charge in [0, 0.05) is 5.56 Å². The molecule has 12 heavy (non-hydrogen) atoms. The van der Waals surface area contributed by atoms with Crippen molar-refractivity contribution in [3.8, 4) is 5.88 Å². The molecule has 1 aromatic rings. The largest absolute Gasteiger partial charge is 0.477 e. The van der Waals surface area contributed by atoms with Crippen molar-refractivity contribution < 1.29 is 9.84 Å². The van der Waals surface area contributed by atoms with E-state index in [1.165, 1.54) is 0 Å². The van der Waals surface area contributed by atoms with Gasteiger partial charge in [-0.2, -0.15) is 0 Å². The highest BCUT2D eigenvalue weighted by molar-refractivity contribution is 5.29. The maximum Gasteiger partial charge on any atom is 0.216 e. The highest BCUT2D eigenvalue weighted by atomic mass is 16.5. The Morgan fingerprint density at radius 3 is 3.25 bits per heavy atom. The number of fused-ring (bicyclic) bond motifs is 1. The van der Waals surface area contributed by atoms with Crippen LogP contribution in [0, 0.1) is 0 Å².